The summed E-state index contributed by atoms with van der Waals surface area (Å²) in [7, 11) is 0. The number of amides is 1. The number of nitro groups is 1. The molecule has 1 heterocycles. The molecular formula is C15H17N5O3. The second-order valence-corrected chi connectivity index (χ2v) is 5.03. The average molecular weight is 315 g/mol. The molecule has 0 aliphatic heterocycles. The normalized spacial score (nSPS) is 11.3. The molecule has 0 bridgehead atoms. The van der Waals surface area contributed by atoms with E-state index in [4.69, 9.17) is 0 Å². The fourth-order valence-corrected chi connectivity index (χ4v) is 2.17. The Morgan fingerprint density at radius 2 is 2.00 bits per heavy atom. The summed E-state index contributed by atoms with van der Waals surface area (Å²) in [4.78, 5) is 22.4. The van der Waals surface area contributed by atoms with Crippen LogP contribution in [0.1, 0.15) is 23.9 Å². The lowest BCUT2D eigenvalue weighted by atomic mass is 10.1. The van der Waals surface area contributed by atoms with E-state index in [9.17, 15) is 14.9 Å². The zero-order valence-electron chi connectivity index (χ0n) is 13.1. The van der Waals surface area contributed by atoms with Crippen molar-refractivity contribution in [1.29, 1.82) is 0 Å². The highest BCUT2D eigenvalue weighted by atomic mass is 16.6. The van der Waals surface area contributed by atoms with Crippen LogP contribution in [0.25, 0.3) is 0 Å². The van der Waals surface area contributed by atoms with Gasteiger partial charge >= 0.3 is 5.69 Å². The van der Waals surface area contributed by atoms with Gasteiger partial charge < -0.3 is 0 Å². The first-order valence-corrected chi connectivity index (χ1v) is 6.97. The number of hydrogen-bond donors (Lipinski definition) is 1. The zero-order chi connectivity index (χ0) is 17.0. The van der Waals surface area contributed by atoms with E-state index in [1.165, 1.54) is 11.6 Å². The summed E-state index contributed by atoms with van der Waals surface area (Å²) in [6, 6.07) is 9.42. The van der Waals surface area contributed by atoms with E-state index in [1.54, 1.807) is 13.8 Å². The molecule has 23 heavy (non-hydrogen) atoms. The summed E-state index contributed by atoms with van der Waals surface area (Å²) in [5, 5.41) is 19.0. The highest BCUT2D eigenvalue weighted by Gasteiger charge is 2.22. The first-order chi connectivity index (χ1) is 10.9. The van der Waals surface area contributed by atoms with Gasteiger partial charge in [0.2, 0.25) is 0 Å². The Hall–Kier alpha value is -3.03. The van der Waals surface area contributed by atoms with Gasteiger partial charge in [-0.3, -0.25) is 19.6 Å². The van der Waals surface area contributed by atoms with E-state index in [1.807, 2.05) is 30.3 Å². The summed E-state index contributed by atoms with van der Waals surface area (Å²) in [5.41, 5.74) is 4.55. The molecule has 1 aromatic carbocycles. The van der Waals surface area contributed by atoms with Crippen LogP contribution in [0.4, 0.5) is 5.69 Å². The highest BCUT2D eigenvalue weighted by molar-refractivity contribution is 5.99. The van der Waals surface area contributed by atoms with Gasteiger partial charge in [-0.2, -0.15) is 10.2 Å². The van der Waals surface area contributed by atoms with Crippen LogP contribution in [0.2, 0.25) is 0 Å². The molecule has 8 heteroatoms. The molecule has 120 valence electrons. The zero-order valence-corrected chi connectivity index (χ0v) is 13.1. The number of nitrogens with zero attached hydrogens (tertiary/aromatic N) is 4. The third-order valence-electron chi connectivity index (χ3n) is 3.36. The van der Waals surface area contributed by atoms with Crippen molar-refractivity contribution in [3.05, 3.63) is 57.4 Å². The van der Waals surface area contributed by atoms with Crippen LogP contribution in [-0.4, -0.2) is 26.3 Å². The van der Waals surface area contributed by atoms with Crippen LogP contribution in [0.3, 0.4) is 0 Å². The third-order valence-corrected chi connectivity index (χ3v) is 3.36. The fourth-order valence-electron chi connectivity index (χ4n) is 2.17. The smallest absolute Gasteiger partial charge is 0.271 e. The van der Waals surface area contributed by atoms with Gasteiger partial charge in [0.25, 0.3) is 5.91 Å². The number of hydrogen-bond acceptors (Lipinski definition) is 5. The van der Waals surface area contributed by atoms with Gasteiger partial charge in [-0.15, -0.1) is 0 Å². The first kappa shape index (κ1) is 16.3. The molecule has 0 saturated carbocycles. The van der Waals surface area contributed by atoms with Crippen molar-refractivity contribution in [2.24, 2.45) is 5.10 Å². The van der Waals surface area contributed by atoms with Crippen molar-refractivity contribution in [2.75, 3.05) is 0 Å². The van der Waals surface area contributed by atoms with Gasteiger partial charge in [-0.25, -0.2) is 5.43 Å². The number of aryl methyl sites for hydroxylation is 1. The maximum atomic E-state index is 11.9. The van der Waals surface area contributed by atoms with Crippen molar-refractivity contribution >= 4 is 17.3 Å². The van der Waals surface area contributed by atoms with Gasteiger partial charge in [0.1, 0.15) is 17.9 Å². The van der Waals surface area contributed by atoms with Crippen LogP contribution >= 0.6 is 0 Å². The van der Waals surface area contributed by atoms with Gasteiger partial charge in [0, 0.05) is 0 Å². The Balaban J connectivity index is 2.06. The molecule has 0 atom stereocenters. The minimum atomic E-state index is -0.496. The molecule has 2 aromatic rings. The predicted molar refractivity (Wildman–Crippen MR) is 85.2 cm³/mol. The molecule has 1 amide bonds. The molecule has 1 N–H and O–H groups in total. The maximum Gasteiger partial charge on any atom is 0.312 e. The molecule has 0 saturated heterocycles. The number of aromatic nitrogens is 2. The van der Waals surface area contributed by atoms with Crippen LogP contribution in [0.15, 0.2) is 35.4 Å². The molecule has 0 unspecified atom stereocenters. The van der Waals surface area contributed by atoms with E-state index in [2.05, 4.69) is 15.6 Å². The second kappa shape index (κ2) is 6.82. The lowest BCUT2D eigenvalue weighted by Crippen LogP contribution is -2.25. The fraction of sp³-hybridized carbons (Fsp3) is 0.267. The molecule has 8 nitrogen and oxygen atoms in total. The summed E-state index contributed by atoms with van der Waals surface area (Å²) < 4.78 is 1.30. The Morgan fingerprint density at radius 1 is 1.35 bits per heavy atom. The average Bonchev–Trinajstić information content (AvgIpc) is 2.79. The van der Waals surface area contributed by atoms with E-state index in [-0.39, 0.29) is 17.9 Å². The van der Waals surface area contributed by atoms with Gasteiger partial charge in [0.15, 0.2) is 0 Å². The van der Waals surface area contributed by atoms with E-state index in [0.717, 1.165) is 5.56 Å². The quantitative estimate of drug-likeness (QED) is 0.517. The maximum absolute atomic E-state index is 11.9. The van der Waals surface area contributed by atoms with E-state index >= 15 is 0 Å². The van der Waals surface area contributed by atoms with Gasteiger partial charge in [-0.1, -0.05) is 30.3 Å². The Kier molecular flexibility index (Phi) is 4.85. The minimum absolute atomic E-state index is 0.0678. The Bertz CT molecular complexity index is 765. The number of benzene rings is 1. The van der Waals surface area contributed by atoms with Crippen molar-refractivity contribution in [3.63, 3.8) is 0 Å². The van der Waals surface area contributed by atoms with Crippen LogP contribution in [0, 0.1) is 24.0 Å². The molecular weight excluding hydrogens is 298 g/mol. The second-order valence-electron chi connectivity index (χ2n) is 5.03. The predicted octanol–water partition coefficient (Wildman–Crippen LogP) is 1.95. The summed E-state index contributed by atoms with van der Waals surface area (Å²) >= 11 is 0. The largest absolute Gasteiger partial charge is 0.312 e. The number of hydrazone groups is 1. The lowest BCUT2D eigenvalue weighted by molar-refractivity contribution is -0.386. The van der Waals surface area contributed by atoms with Crippen LogP contribution < -0.4 is 5.43 Å². The standard InChI is InChI=1S/C15H17N5O3/c1-10(13-7-5-4-6-8-13)16-17-14(21)9-19-12(3)15(20(22)23)11(2)18-19/h4-8H,9H2,1-3H3,(H,17,21)/b16-10+. The molecule has 0 radical (unpaired) electrons. The van der Waals surface area contributed by atoms with Gasteiger partial charge in [0.05, 0.1) is 10.6 Å². The molecule has 2 rings (SSSR count). The number of nitrogens with one attached hydrogen (secondary N) is 1. The first-order valence-electron chi connectivity index (χ1n) is 6.97. The number of carbonyl (C=O) groups excluding carboxylic acids is 1. The molecule has 0 spiro atoms. The van der Waals surface area contributed by atoms with Crippen molar-refractivity contribution in [3.8, 4) is 0 Å². The topological polar surface area (TPSA) is 102 Å². The Morgan fingerprint density at radius 3 is 2.57 bits per heavy atom. The summed E-state index contributed by atoms with van der Waals surface area (Å²) in [5.74, 6) is -0.402. The van der Waals surface area contributed by atoms with E-state index < -0.39 is 10.8 Å². The van der Waals surface area contributed by atoms with Crippen molar-refractivity contribution < 1.29 is 9.72 Å². The highest BCUT2D eigenvalue weighted by Crippen LogP contribution is 2.21. The molecule has 0 aliphatic rings. The van der Waals surface area contributed by atoms with Crippen LogP contribution in [0.5, 0.6) is 0 Å². The van der Waals surface area contributed by atoms with E-state index in [0.29, 0.717) is 11.4 Å². The monoisotopic (exact) mass is 315 g/mol. The number of rotatable bonds is 5. The third kappa shape index (κ3) is 3.79. The number of carbonyl (C=O) groups is 1. The van der Waals surface area contributed by atoms with Gasteiger partial charge in [-0.05, 0) is 26.3 Å². The van der Waals surface area contributed by atoms with Crippen molar-refractivity contribution in [1.82, 2.24) is 15.2 Å². The minimum Gasteiger partial charge on any atom is -0.271 e. The molecule has 0 aliphatic carbocycles. The van der Waals surface area contributed by atoms with Crippen LogP contribution in [-0.2, 0) is 11.3 Å². The lowest BCUT2D eigenvalue weighted by Gasteiger charge is -2.04. The summed E-state index contributed by atoms with van der Waals surface area (Å²) in [6.45, 7) is 4.75. The molecule has 0 fully saturated rings. The Labute approximate surface area is 133 Å². The molecule has 1 aromatic heterocycles. The van der Waals surface area contributed by atoms with Crippen molar-refractivity contribution in [2.45, 2.75) is 27.3 Å². The summed E-state index contributed by atoms with van der Waals surface area (Å²) in [6.07, 6.45) is 0. The SMILES string of the molecule is C/C(=N\NC(=O)Cn1nc(C)c([N+](=O)[O-])c1C)c1ccccc1.